The van der Waals surface area contributed by atoms with E-state index in [1.807, 2.05) is 0 Å². The van der Waals surface area contributed by atoms with Crippen molar-refractivity contribution >= 4 is 0 Å². The molecular weight excluding hydrogens is 242 g/mol. The molecule has 1 aromatic carbocycles. The number of aliphatic hydroxyl groups is 1. The van der Waals surface area contributed by atoms with Crippen LogP contribution in [-0.4, -0.2) is 56.1 Å². The van der Waals surface area contributed by atoms with E-state index in [-0.39, 0.29) is 12.7 Å². The summed E-state index contributed by atoms with van der Waals surface area (Å²) in [5.74, 6) is 0. The minimum atomic E-state index is 0.0187. The minimum absolute atomic E-state index is 0.0187. The van der Waals surface area contributed by atoms with Gasteiger partial charge in [0.1, 0.15) is 0 Å². The van der Waals surface area contributed by atoms with E-state index in [1.54, 1.807) is 0 Å². The van der Waals surface area contributed by atoms with Crippen molar-refractivity contribution in [1.82, 2.24) is 4.90 Å². The van der Waals surface area contributed by atoms with E-state index < -0.39 is 0 Å². The number of aryl methyl sites for hydroxylation is 1. The lowest BCUT2D eigenvalue weighted by Crippen LogP contribution is -2.39. The third-order valence-corrected chi connectivity index (χ3v) is 3.35. The molecule has 1 heterocycles. The van der Waals surface area contributed by atoms with Crippen molar-refractivity contribution in [3.05, 3.63) is 35.4 Å². The van der Waals surface area contributed by atoms with Crippen LogP contribution in [0.15, 0.2) is 24.3 Å². The summed E-state index contributed by atoms with van der Waals surface area (Å²) in [7, 11) is 0. The Hall–Kier alpha value is -0.940. The average molecular weight is 265 g/mol. The zero-order chi connectivity index (χ0) is 13.5. The highest BCUT2D eigenvalue weighted by atomic mass is 16.5. The van der Waals surface area contributed by atoms with Gasteiger partial charge in [-0.1, -0.05) is 29.8 Å². The maximum atomic E-state index is 8.96. The number of benzene rings is 1. The molecule has 1 aliphatic heterocycles. The van der Waals surface area contributed by atoms with Crippen molar-refractivity contribution in [2.75, 3.05) is 46.1 Å². The summed E-state index contributed by atoms with van der Waals surface area (Å²) in [6, 6.07) is 8.39. The van der Waals surface area contributed by atoms with Gasteiger partial charge in [-0.2, -0.15) is 0 Å². The lowest BCUT2D eigenvalue weighted by atomic mass is 10.1. The molecule has 1 fully saturated rings. The first kappa shape index (κ1) is 14.5. The van der Waals surface area contributed by atoms with Gasteiger partial charge < -0.3 is 14.6 Å². The first-order valence-electron chi connectivity index (χ1n) is 6.88. The van der Waals surface area contributed by atoms with Crippen molar-refractivity contribution in [3.63, 3.8) is 0 Å². The van der Waals surface area contributed by atoms with Gasteiger partial charge in [0.15, 0.2) is 0 Å². The number of hydrogen-bond donors (Lipinski definition) is 1. The molecule has 19 heavy (non-hydrogen) atoms. The van der Waals surface area contributed by atoms with Gasteiger partial charge in [-0.15, -0.1) is 0 Å². The Morgan fingerprint density at radius 1 is 1.37 bits per heavy atom. The second-order valence-corrected chi connectivity index (χ2v) is 4.91. The Bertz CT molecular complexity index is 377. The molecular formula is C15H23NO3. The molecule has 0 aliphatic carbocycles. The summed E-state index contributed by atoms with van der Waals surface area (Å²) in [5.41, 5.74) is 2.41. The van der Waals surface area contributed by atoms with Crippen LogP contribution in [0.2, 0.25) is 0 Å². The van der Waals surface area contributed by atoms with Gasteiger partial charge in [0.2, 0.25) is 0 Å². The van der Waals surface area contributed by atoms with Gasteiger partial charge in [0.25, 0.3) is 0 Å². The van der Waals surface area contributed by atoms with Crippen LogP contribution in [0.1, 0.15) is 17.2 Å². The molecule has 0 saturated carbocycles. The van der Waals surface area contributed by atoms with Gasteiger partial charge in [-0.05, 0) is 12.5 Å². The number of hydrogen-bond acceptors (Lipinski definition) is 4. The molecule has 2 rings (SSSR count). The highest BCUT2D eigenvalue weighted by Gasteiger charge is 2.18. The molecule has 1 unspecified atom stereocenters. The molecule has 1 aromatic rings. The molecule has 0 spiro atoms. The molecule has 1 saturated heterocycles. The number of morpholine rings is 1. The number of nitrogens with zero attached hydrogens (tertiary/aromatic N) is 1. The van der Waals surface area contributed by atoms with Crippen LogP contribution in [0.4, 0.5) is 0 Å². The van der Waals surface area contributed by atoms with E-state index >= 15 is 0 Å². The van der Waals surface area contributed by atoms with E-state index in [4.69, 9.17) is 14.6 Å². The van der Waals surface area contributed by atoms with Crippen LogP contribution in [0.5, 0.6) is 0 Å². The summed E-state index contributed by atoms with van der Waals surface area (Å²) in [6.45, 7) is 6.86. The normalized spacial score (nSPS) is 18.4. The standard InChI is InChI=1S/C15H23NO3/c1-13-3-2-4-14(11-13)15(19-10-7-17)12-16-5-8-18-9-6-16/h2-4,11,15,17H,5-10,12H2,1H3. The maximum Gasteiger partial charge on any atom is 0.0953 e. The van der Waals surface area contributed by atoms with Crippen molar-refractivity contribution in [1.29, 1.82) is 0 Å². The number of ether oxygens (including phenoxy) is 2. The topological polar surface area (TPSA) is 41.9 Å². The second-order valence-electron chi connectivity index (χ2n) is 4.91. The fourth-order valence-electron chi connectivity index (χ4n) is 2.34. The molecule has 1 aliphatic rings. The molecule has 4 heteroatoms. The third kappa shape index (κ3) is 4.58. The Balaban J connectivity index is 2.01. The van der Waals surface area contributed by atoms with Crippen LogP contribution >= 0.6 is 0 Å². The van der Waals surface area contributed by atoms with Gasteiger partial charge in [0.05, 0.1) is 32.5 Å². The Labute approximate surface area is 114 Å². The lowest BCUT2D eigenvalue weighted by molar-refractivity contribution is -0.0217. The van der Waals surface area contributed by atoms with E-state index in [0.717, 1.165) is 32.8 Å². The van der Waals surface area contributed by atoms with Crippen LogP contribution < -0.4 is 0 Å². The molecule has 0 amide bonds. The zero-order valence-corrected chi connectivity index (χ0v) is 11.5. The van der Waals surface area contributed by atoms with Crippen LogP contribution in [0, 0.1) is 6.92 Å². The van der Waals surface area contributed by atoms with E-state index in [1.165, 1.54) is 11.1 Å². The largest absolute Gasteiger partial charge is 0.394 e. The van der Waals surface area contributed by atoms with Gasteiger partial charge >= 0.3 is 0 Å². The summed E-state index contributed by atoms with van der Waals surface area (Å²) in [4.78, 5) is 2.36. The molecule has 1 N–H and O–H groups in total. The fourth-order valence-corrected chi connectivity index (χ4v) is 2.34. The van der Waals surface area contributed by atoms with Crippen molar-refractivity contribution in [3.8, 4) is 0 Å². The predicted molar refractivity (Wildman–Crippen MR) is 74.2 cm³/mol. The van der Waals surface area contributed by atoms with E-state index in [2.05, 4.69) is 36.1 Å². The monoisotopic (exact) mass is 265 g/mol. The lowest BCUT2D eigenvalue weighted by Gasteiger charge is -2.30. The average Bonchev–Trinajstić information content (AvgIpc) is 2.44. The number of rotatable bonds is 6. The molecule has 0 bridgehead atoms. The molecule has 4 nitrogen and oxygen atoms in total. The molecule has 0 radical (unpaired) electrons. The molecule has 0 aromatic heterocycles. The summed E-state index contributed by atoms with van der Waals surface area (Å²) < 4.78 is 11.2. The zero-order valence-electron chi connectivity index (χ0n) is 11.5. The van der Waals surface area contributed by atoms with Crippen LogP contribution in [-0.2, 0) is 9.47 Å². The second kappa shape index (κ2) is 7.60. The van der Waals surface area contributed by atoms with Gasteiger partial charge in [-0.25, -0.2) is 0 Å². The summed E-state index contributed by atoms with van der Waals surface area (Å²) >= 11 is 0. The van der Waals surface area contributed by atoms with Crippen molar-refractivity contribution < 1.29 is 14.6 Å². The SMILES string of the molecule is Cc1cccc(C(CN2CCOCC2)OCCO)c1. The quantitative estimate of drug-likeness (QED) is 0.843. The fraction of sp³-hybridized carbons (Fsp3) is 0.600. The van der Waals surface area contributed by atoms with E-state index in [0.29, 0.717) is 6.61 Å². The maximum absolute atomic E-state index is 8.96. The predicted octanol–water partition coefficient (Wildman–Crippen LogP) is 1.38. The minimum Gasteiger partial charge on any atom is -0.394 e. The van der Waals surface area contributed by atoms with E-state index in [9.17, 15) is 0 Å². The first-order valence-corrected chi connectivity index (χ1v) is 6.88. The van der Waals surface area contributed by atoms with Gasteiger partial charge in [-0.3, -0.25) is 4.90 Å². The highest BCUT2D eigenvalue weighted by molar-refractivity contribution is 5.24. The Kier molecular flexibility index (Phi) is 5.79. The highest BCUT2D eigenvalue weighted by Crippen LogP contribution is 2.20. The molecule has 1 atom stereocenters. The Morgan fingerprint density at radius 2 is 2.16 bits per heavy atom. The van der Waals surface area contributed by atoms with Crippen molar-refractivity contribution in [2.24, 2.45) is 0 Å². The van der Waals surface area contributed by atoms with Crippen LogP contribution in [0.3, 0.4) is 0 Å². The smallest absolute Gasteiger partial charge is 0.0953 e. The number of aliphatic hydroxyl groups excluding tert-OH is 1. The van der Waals surface area contributed by atoms with Gasteiger partial charge in [0, 0.05) is 19.6 Å². The first-order chi connectivity index (χ1) is 9.29. The van der Waals surface area contributed by atoms with Crippen LogP contribution in [0.25, 0.3) is 0 Å². The summed E-state index contributed by atoms with van der Waals surface area (Å²) in [6.07, 6.45) is 0.0187. The molecule has 106 valence electrons. The summed E-state index contributed by atoms with van der Waals surface area (Å²) in [5, 5.41) is 8.96. The Morgan fingerprint density at radius 3 is 2.84 bits per heavy atom. The third-order valence-electron chi connectivity index (χ3n) is 3.35. The van der Waals surface area contributed by atoms with Crippen molar-refractivity contribution in [2.45, 2.75) is 13.0 Å².